The molecular formula is C18H18N2O4S2. The number of nitrogens with one attached hydrogen (secondary N) is 1. The summed E-state index contributed by atoms with van der Waals surface area (Å²) in [5, 5.41) is 5.18. The Kier molecular flexibility index (Phi) is 5.85. The molecule has 0 aliphatic carbocycles. The van der Waals surface area contributed by atoms with E-state index in [0.717, 1.165) is 15.1 Å². The van der Waals surface area contributed by atoms with Crippen molar-refractivity contribution in [1.29, 1.82) is 0 Å². The lowest BCUT2D eigenvalue weighted by Gasteiger charge is -2.05. The van der Waals surface area contributed by atoms with Crippen LogP contribution in [-0.2, 0) is 4.79 Å². The molecule has 8 heteroatoms. The topological polar surface area (TPSA) is 77.5 Å². The maximum atomic E-state index is 12.1. The number of hydrogen-bond donors (Lipinski definition) is 1. The summed E-state index contributed by atoms with van der Waals surface area (Å²) in [6.45, 7) is 0. The van der Waals surface area contributed by atoms with E-state index in [4.69, 9.17) is 9.47 Å². The monoisotopic (exact) mass is 390 g/mol. The summed E-state index contributed by atoms with van der Waals surface area (Å²) in [5.74, 6) is 1.14. The van der Waals surface area contributed by atoms with E-state index >= 15 is 0 Å². The number of Topliss-reactive ketones (excluding diaryl/α,β-unsaturated/α-hetero) is 1. The third kappa shape index (κ3) is 4.20. The minimum absolute atomic E-state index is 0.0759. The first kappa shape index (κ1) is 18.3. The van der Waals surface area contributed by atoms with Crippen molar-refractivity contribution < 1.29 is 19.1 Å². The Hall–Kier alpha value is -2.45. The number of benzene rings is 1. The van der Waals surface area contributed by atoms with Crippen LogP contribution >= 0.6 is 22.7 Å². The second kappa shape index (κ2) is 8.29. The van der Waals surface area contributed by atoms with Gasteiger partial charge in [0, 0.05) is 25.0 Å². The van der Waals surface area contributed by atoms with Crippen LogP contribution in [0.3, 0.4) is 0 Å². The molecule has 3 rings (SSSR count). The molecule has 1 amide bonds. The SMILES string of the molecule is COc1cc2nc(NC(=O)CCCC(=O)c3cccs3)sc2cc1OC. The number of amides is 1. The molecule has 0 unspecified atom stereocenters. The highest BCUT2D eigenvalue weighted by atomic mass is 32.1. The first-order valence-corrected chi connectivity index (χ1v) is 9.69. The molecule has 0 saturated carbocycles. The fraction of sp³-hybridized carbons (Fsp3) is 0.278. The van der Waals surface area contributed by atoms with Crippen LogP contribution in [-0.4, -0.2) is 30.9 Å². The minimum atomic E-state index is -0.151. The summed E-state index contributed by atoms with van der Waals surface area (Å²) in [5.41, 5.74) is 0.732. The molecule has 0 aliphatic heterocycles. The van der Waals surface area contributed by atoms with Gasteiger partial charge in [-0.3, -0.25) is 9.59 Å². The highest BCUT2D eigenvalue weighted by molar-refractivity contribution is 7.22. The fourth-order valence-electron chi connectivity index (χ4n) is 2.46. The number of hydrogen-bond acceptors (Lipinski definition) is 7. The number of ether oxygens (including phenoxy) is 2. The van der Waals surface area contributed by atoms with Crippen molar-refractivity contribution in [1.82, 2.24) is 4.98 Å². The summed E-state index contributed by atoms with van der Waals surface area (Å²) < 4.78 is 11.4. The molecule has 0 saturated heterocycles. The second-order valence-corrected chi connectivity index (χ2v) is 7.47. The first-order chi connectivity index (χ1) is 12.6. The van der Waals surface area contributed by atoms with Crippen molar-refractivity contribution in [2.75, 3.05) is 19.5 Å². The van der Waals surface area contributed by atoms with Gasteiger partial charge in [-0.05, 0) is 17.9 Å². The van der Waals surface area contributed by atoms with Crippen molar-refractivity contribution >= 4 is 49.7 Å². The lowest BCUT2D eigenvalue weighted by molar-refractivity contribution is -0.116. The Morgan fingerprint density at radius 2 is 1.92 bits per heavy atom. The van der Waals surface area contributed by atoms with E-state index in [2.05, 4.69) is 10.3 Å². The van der Waals surface area contributed by atoms with Crippen LogP contribution in [0.1, 0.15) is 28.9 Å². The number of thiophene rings is 1. The molecule has 1 aromatic carbocycles. The number of ketones is 1. The van der Waals surface area contributed by atoms with Crippen LogP contribution in [0.5, 0.6) is 11.5 Å². The van der Waals surface area contributed by atoms with Gasteiger partial charge in [-0.1, -0.05) is 17.4 Å². The van der Waals surface area contributed by atoms with Gasteiger partial charge in [0.05, 0.1) is 29.3 Å². The molecule has 0 fully saturated rings. The summed E-state index contributed by atoms with van der Waals surface area (Å²) in [4.78, 5) is 29.2. The molecule has 0 atom stereocenters. The third-order valence-electron chi connectivity index (χ3n) is 3.74. The van der Waals surface area contributed by atoms with Gasteiger partial charge < -0.3 is 14.8 Å². The van der Waals surface area contributed by atoms with Gasteiger partial charge in [0.25, 0.3) is 0 Å². The minimum Gasteiger partial charge on any atom is -0.493 e. The molecule has 136 valence electrons. The zero-order valence-corrected chi connectivity index (χ0v) is 16.0. The Morgan fingerprint density at radius 1 is 1.15 bits per heavy atom. The molecule has 26 heavy (non-hydrogen) atoms. The Balaban J connectivity index is 1.58. The molecule has 0 aliphatic rings. The normalized spacial score (nSPS) is 10.7. The first-order valence-electron chi connectivity index (χ1n) is 8.00. The molecule has 0 radical (unpaired) electrons. The van der Waals surface area contributed by atoms with E-state index in [0.29, 0.717) is 29.5 Å². The van der Waals surface area contributed by atoms with Gasteiger partial charge in [0.1, 0.15) is 0 Å². The number of nitrogens with zero attached hydrogens (tertiary/aromatic N) is 1. The number of carbonyl (C=O) groups excluding carboxylic acids is 2. The van der Waals surface area contributed by atoms with Crippen LogP contribution in [0, 0.1) is 0 Å². The molecule has 2 heterocycles. The van der Waals surface area contributed by atoms with Gasteiger partial charge in [0.15, 0.2) is 22.4 Å². The highest BCUT2D eigenvalue weighted by Gasteiger charge is 2.13. The Labute approximate surface area is 158 Å². The molecule has 3 aromatic rings. The van der Waals surface area contributed by atoms with E-state index in [9.17, 15) is 9.59 Å². The second-order valence-electron chi connectivity index (χ2n) is 5.50. The predicted molar refractivity (Wildman–Crippen MR) is 104 cm³/mol. The number of carbonyl (C=O) groups is 2. The quantitative estimate of drug-likeness (QED) is 0.578. The zero-order valence-electron chi connectivity index (χ0n) is 14.4. The summed E-state index contributed by atoms with van der Waals surface area (Å²) >= 11 is 2.79. The summed E-state index contributed by atoms with van der Waals surface area (Å²) in [7, 11) is 3.14. The van der Waals surface area contributed by atoms with Gasteiger partial charge >= 0.3 is 0 Å². The molecule has 6 nitrogen and oxygen atoms in total. The number of thiazole rings is 1. The fourth-order valence-corrected chi connectivity index (χ4v) is 4.05. The molecule has 1 N–H and O–H groups in total. The summed E-state index contributed by atoms with van der Waals surface area (Å²) in [6, 6.07) is 7.26. The van der Waals surface area contributed by atoms with Crippen molar-refractivity contribution in [2.45, 2.75) is 19.3 Å². The lowest BCUT2D eigenvalue weighted by atomic mass is 10.1. The van der Waals surface area contributed by atoms with Crippen LogP contribution in [0.4, 0.5) is 5.13 Å². The van der Waals surface area contributed by atoms with E-state index in [-0.39, 0.29) is 18.1 Å². The van der Waals surface area contributed by atoms with Gasteiger partial charge in [0.2, 0.25) is 5.91 Å². The van der Waals surface area contributed by atoms with Crippen molar-refractivity contribution in [2.24, 2.45) is 0 Å². The van der Waals surface area contributed by atoms with Crippen molar-refractivity contribution in [3.63, 3.8) is 0 Å². The molecule has 2 aromatic heterocycles. The Morgan fingerprint density at radius 3 is 2.62 bits per heavy atom. The number of methoxy groups -OCH3 is 2. The standard InChI is InChI=1S/C18H18N2O4S2/c1-23-13-9-11-16(10-14(13)24-2)26-18(19-11)20-17(22)7-3-5-12(21)15-6-4-8-25-15/h4,6,8-10H,3,5,7H2,1-2H3,(H,19,20,22). The van der Waals surface area contributed by atoms with Crippen molar-refractivity contribution in [3.05, 3.63) is 34.5 Å². The van der Waals surface area contributed by atoms with E-state index < -0.39 is 0 Å². The molecular weight excluding hydrogens is 372 g/mol. The predicted octanol–water partition coefficient (Wildman–Crippen LogP) is 4.37. The summed E-state index contributed by atoms with van der Waals surface area (Å²) in [6.07, 6.45) is 1.15. The molecule has 0 bridgehead atoms. The number of fused-ring (bicyclic) bond motifs is 1. The highest BCUT2D eigenvalue weighted by Crippen LogP contribution is 2.36. The smallest absolute Gasteiger partial charge is 0.226 e. The average Bonchev–Trinajstić information content (AvgIpc) is 3.29. The van der Waals surface area contributed by atoms with E-state index in [1.54, 1.807) is 26.4 Å². The number of anilines is 1. The van der Waals surface area contributed by atoms with Crippen molar-refractivity contribution in [3.8, 4) is 11.5 Å². The van der Waals surface area contributed by atoms with E-state index in [1.165, 1.54) is 22.7 Å². The van der Waals surface area contributed by atoms with Crippen LogP contribution in [0.2, 0.25) is 0 Å². The largest absolute Gasteiger partial charge is 0.493 e. The maximum Gasteiger partial charge on any atom is 0.226 e. The third-order valence-corrected chi connectivity index (χ3v) is 5.59. The van der Waals surface area contributed by atoms with Gasteiger partial charge in [-0.25, -0.2) is 4.98 Å². The van der Waals surface area contributed by atoms with Crippen LogP contribution < -0.4 is 14.8 Å². The van der Waals surface area contributed by atoms with Crippen LogP contribution in [0.15, 0.2) is 29.6 Å². The van der Waals surface area contributed by atoms with E-state index in [1.807, 2.05) is 17.5 Å². The maximum absolute atomic E-state index is 12.1. The average molecular weight is 390 g/mol. The van der Waals surface area contributed by atoms with Crippen LogP contribution in [0.25, 0.3) is 10.2 Å². The van der Waals surface area contributed by atoms with Gasteiger partial charge in [-0.15, -0.1) is 11.3 Å². The Bertz CT molecular complexity index is 878. The molecule has 0 spiro atoms. The number of rotatable bonds is 8. The lowest BCUT2D eigenvalue weighted by Crippen LogP contribution is -2.11. The number of aromatic nitrogens is 1. The zero-order chi connectivity index (χ0) is 18.5. The van der Waals surface area contributed by atoms with Gasteiger partial charge in [-0.2, -0.15) is 0 Å².